The minimum Gasteiger partial charge on any atom is -0.497 e. The van der Waals surface area contributed by atoms with Crippen molar-refractivity contribution in [1.82, 2.24) is 0 Å². The van der Waals surface area contributed by atoms with Gasteiger partial charge in [0.1, 0.15) is 11.6 Å². The molecule has 1 unspecified atom stereocenters. The fourth-order valence-electron chi connectivity index (χ4n) is 1.72. The molecule has 2 aromatic carbocycles. The van der Waals surface area contributed by atoms with Gasteiger partial charge in [-0.25, -0.2) is 4.39 Å². The van der Waals surface area contributed by atoms with Gasteiger partial charge in [0.25, 0.3) is 0 Å². The van der Waals surface area contributed by atoms with Gasteiger partial charge in [-0.05, 0) is 39.7 Å². The van der Waals surface area contributed by atoms with Gasteiger partial charge in [0.15, 0.2) is 0 Å². The minimum atomic E-state index is -0.657. The van der Waals surface area contributed by atoms with Crippen molar-refractivity contribution in [3.05, 3.63) is 62.8 Å². The van der Waals surface area contributed by atoms with E-state index in [9.17, 15) is 4.39 Å². The number of rotatable bonds is 3. The first-order valence-corrected chi connectivity index (χ1v) is 7.06. The van der Waals surface area contributed by atoms with Crippen LogP contribution < -0.4 is 4.74 Å². The molecule has 0 radical (unpaired) electrons. The fraction of sp³-hybridized carbons (Fsp3) is 0.143. The van der Waals surface area contributed by atoms with E-state index in [2.05, 4.69) is 15.9 Å². The van der Waals surface area contributed by atoms with E-state index in [0.29, 0.717) is 26.4 Å². The first-order valence-electron chi connectivity index (χ1n) is 5.46. The maximum atomic E-state index is 14.0. The van der Waals surface area contributed by atoms with Crippen LogP contribution in [-0.2, 0) is 0 Å². The second kappa shape index (κ2) is 6.12. The van der Waals surface area contributed by atoms with Gasteiger partial charge in [0, 0.05) is 10.6 Å². The molecule has 5 heteroatoms. The first-order chi connectivity index (χ1) is 9.04. The van der Waals surface area contributed by atoms with Crippen LogP contribution in [-0.4, -0.2) is 7.11 Å². The SMILES string of the molecule is COc1ccc(C(Cl)c2cccc(Br)c2F)c(Cl)c1. The highest BCUT2D eigenvalue weighted by molar-refractivity contribution is 9.10. The molecule has 19 heavy (non-hydrogen) atoms. The minimum absolute atomic E-state index is 0.375. The Balaban J connectivity index is 2.44. The van der Waals surface area contributed by atoms with Gasteiger partial charge >= 0.3 is 0 Å². The average molecular weight is 364 g/mol. The van der Waals surface area contributed by atoms with Crippen LogP contribution in [0.15, 0.2) is 40.9 Å². The van der Waals surface area contributed by atoms with E-state index < -0.39 is 5.38 Å². The van der Waals surface area contributed by atoms with Gasteiger partial charge in [0.2, 0.25) is 0 Å². The molecule has 1 nitrogen and oxygen atoms in total. The molecule has 0 aliphatic heterocycles. The molecule has 0 saturated heterocycles. The summed E-state index contributed by atoms with van der Waals surface area (Å²) in [4.78, 5) is 0. The summed E-state index contributed by atoms with van der Waals surface area (Å²) < 4.78 is 19.5. The molecule has 0 amide bonds. The van der Waals surface area contributed by atoms with Gasteiger partial charge in [-0.15, -0.1) is 11.6 Å². The monoisotopic (exact) mass is 362 g/mol. The van der Waals surface area contributed by atoms with Gasteiger partial charge in [0.05, 0.1) is 17.0 Å². The molecule has 2 aromatic rings. The summed E-state index contributed by atoms with van der Waals surface area (Å²) in [5, 5.41) is -0.213. The molecular formula is C14H10BrCl2FO. The second-order valence-electron chi connectivity index (χ2n) is 3.89. The highest BCUT2D eigenvalue weighted by atomic mass is 79.9. The summed E-state index contributed by atoms with van der Waals surface area (Å²) in [7, 11) is 1.55. The van der Waals surface area contributed by atoms with Crippen molar-refractivity contribution in [2.75, 3.05) is 7.11 Å². The van der Waals surface area contributed by atoms with Crippen molar-refractivity contribution < 1.29 is 9.13 Å². The number of alkyl halides is 1. The van der Waals surface area contributed by atoms with Gasteiger partial charge in [-0.3, -0.25) is 0 Å². The summed E-state index contributed by atoms with van der Waals surface area (Å²) >= 11 is 15.6. The Morgan fingerprint density at radius 3 is 2.58 bits per heavy atom. The molecule has 2 rings (SSSR count). The molecule has 0 spiro atoms. The molecule has 0 fully saturated rings. The quantitative estimate of drug-likeness (QED) is 0.647. The lowest BCUT2D eigenvalue weighted by atomic mass is 10.0. The molecular weight excluding hydrogens is 354 g/mol. The Labute approximate surface area is 129 Å². The van der Waals surface area contributed by atoms with E-state index in [1.54, 1.807) is 43.5 Å². The third-order valence-electron chi connectivity index (χ3n) is 2.74. The maximum absolute atomic E-state index is 14.0. The Morgan fingerprint density at radius 1 is 1.21 bits per heavy atom. The fourth-order valence-corrected chi connectivity index (χ4v) is 2.80. The van der Waals surface area contributed by atoms with Crippen molar-refractivity contribution in [1.29, 1.82) is 0 Å². The van der Waals surface area contributed by atoms with Crippen molar-refractivity contribution in [2.45, 2.75) is 5.38 Å². The summed E-state index contributed by atoms with van der Waals surface area (Å²) in [6, 6.07) is 10.1. The summed E-state index contributed by atoms with van der Waals surface area (Å²) in [5.74, 6) is 0.252. The van der Waals surface area contributed by atoms with E-state index in [1.165, 1.54) is 0 Å². The lowest BCUT2D eigenvalue weighted by Crippen LogP contribution is -1.99. The zero-order chi connectivity index (χ0) is 14.0. The highest BCUT2D eigenvalue weighted by Crippen LogP contribution is 2.37. The maximum Gasteiger partial charge on any atom is 0.142 e. The molecule has 0 aliphatic carbocycles. The van der Waals surface area contributed by atoms with Crippen LogP contribution in [0.25, 0.3) is 0 Å². The normalized spacial score (nSPS) is 12.3. The number of hydrogen-bond donors (Lipinski definition) is 0. The van der Waals surface area contributed by atoms with E-state index >= 15 is 0 Å². The van der Waals surface area contributed by atoms with Crippen LogP contribution in [0.1, 0.15) is 16.5 Å². The average Bonchev–Trinajstić information content (AvgIpc) is 2.41. The number of halogens is 4. The summed E-state index contributed by atoms with van der Waals surface area (Å²) in [6.45, 7) is 0. The lowest BCUT2D eigenvalue weighted by molar-refractivity contribution is 0.414. The topological polar surface area (TPSA) is 9.23 Å². The Hall–Kier alpha value is -0.770. The number of benzene rings is 2. The number of methoxy groups -OCH3 is 1. The van der Waals surface area contributed by atoms with E-state index in [4.69, 9.17) is 27.9 Å². The van der Waals surface area contributed by atoms with E-state index in [1.807, 2.05) is 0 Å². The molecule has 0 bridgehead atoms. The molecule has 0 aliphatic rings. The van der Waals surface area contributed by atoms with Crippen LogP contribution in [0.3, 0.4) is 0 Å². The molecule has 0 heterocycles. The molecule has 100 valence electrons. The summed E-state index contributed by atoms with van der Waals surface area (Å²) in [5.41, 5.74) is 1.02. The second-order valence-corrected chi connectivity index (χ2v) is 5.59. The van der Waals surface area contributed by atoms with Crippen molar-refractivity contribution in [3.8, 4) is 5.75 Å². The third kappa shape index (κ3) is 3.04. The lowest BCUT2D eigenvalue weighted by Gasteiger charge is -2.14. The van der Waals surface area contributed by atoms with Crippen LogP contribution in [0.2, 0.25) is 5.02 Å². The Bertz CT molecular complexity index is 604. The van der Waals surface area contributed by atoms with Crippen LogP contribution in [0, 0.1) is 5.82 Å². The predicted molar refractivity (Wildman–Crippen MR) is 79.8 cm³/mol. The van der Waals surface area contributed by atoms with Crippen molar-refractivity contribution in [3.63, 3.8) is 0 Å². The van der Waals surface area contributed by atoms with Crippen molar-refractivity contribution in [2.24, 2.45) is 0 Å². The van der Waals surface area contributed by atoms with Crippen LogP contribution in [0.5, 0.6) is 5.75 Å². The Kier molecular flexibility index (Phi) is 4.71. The molecule has 0 aromatic heterocycles. The third-order valence-corrected chi connectivity index (χ3v) is 4.15. The highest BCUT2D eigenvalue weighted by Gasteiger charge is 2.19. The number of hydrogen-bond acceptors (Lipinski definition) is 1. The molecule has 0 N–H and O–H groups in total. The predicted octanol–water partition coefficient (Wildman–Crippen LogP) is 5.58. The van der Waals surface area contributed by atoms with Gasteiger partial charge in [-0.1, -0.05) is 29.8 Å². The molecule has 0 saturated carbocycles. The van der Waals surface area contributed by atoms with Crippen LogP contribution >= 0.6 is 39.1 Å². The standard InChI is InChI=1S/C14H10BrCl2FO/c1-19-8-5-6-9(12(16)7-8)13(17)10-3-2-4-11(15)14(10)18/h2-7,13H,1H3. The van der Waals surface area contributed by atoms with E-state index in [0.717, 1.165) is 0 Å². The van der Waals surface area contributed by atoms with Crippen molar-refractivity contribution >= 4 is 39.1 Å². The smallest absolute Gasteiger partial charge is 0.142 e. The number of ether oxygens (including phenoxy) is 1. The van der Waals surface area contributed by atoms with Crippen LogP contribution in [0.4, 0.5) is 4.39 Å². The first kappa shape index (κ1) is 14.6. The summed E-state index contributed by atoms with van der Waals surface area (Å²) in [6.07, 6.45) is 0. The van der Waals surface area contributed by atoms with Gasteiger partial charge in [-0.2, -0.15) is 0 Å². The largest absolute Gasteiger partial charge is 0.497 e. The van der Waals surface area contributed by atoms with Gasteiger partial charge < -0.3 is 4.74 Å². The zero-order valence-electron chi connectivity index (χ0n) is 9.96. The van der Waals surface area contributed by atoms with E-state index in [-0.39, 0.29) is 5.82 Å². The Morgan fingerprint density at radius 2 is 1.95 bits per heavy atom. The zero-order valence-corrected chi connectivity index (χ0v) is 13.1. The molecule has 1 atom stereocenters.